The van der Waals surface area contributed by atoms with Crippen molar-refractivity contribution in [1.29, 1.82) is 5.26 Å². The first-order valence-corrected chi connectivity index (χ1v) is 16.7. The molecule has 4 aromatic carbocycles. The number of rotatable bonds is 6. The Morgan fingerprint density at radius 1 is 0.655 bits per heavy atom. The Kier molecular flexibility index (Phi) is 10.0. The molecule has 12 nitrogen and oxygen atoms in total. The van der Waals surface area contributed by atoms with Gasteiger partial charge in [0.15, 0.2) is 28.8 Å². The highest BCUT2D eigenvalue weighted by molar-refractivity contribution is 6.04. The molecule has 2 N–H and O–H groups in total. The molecular formula is C40H24F6N6O6. The van der Waals surface area contributed by atoms with Crippen LogP contribution < -0.4 is 29.6 Å². The minimum atomic E-state index is -3.83. The van der Waals surface area contributed by atoms with Crippen molar-refractivity contribution in [2.45, 2.75) is 26.4 Å². The monoisotopic (exact) mass is 798 g/mol. The van der Waals surface area contributed by atoms with Gasteiger partial charge in [0.05, 0.1) is 29.7 Å². The van der Waals surface area contributed by atoms with Crippen LogP contribution in [0, 0.1) is 36.8 Å². The molecule has 8 rings (SSSR count). The van der Waals surface area contributed by atoms with Gasteiger partial charge in [0.1, 0.15) is 23.0 Å². The van der Waals surface area contributed by atoms with Gasteiger partial charge in [-0.2, -0.15) is 5.26 Å². The van der Waals surface area contributed by atoms with Crippen molar-refractivity contribution in [3.63, 3.8) is 0 Å². The number of pyridine rings is 1. The summed E-state index contributed by atoms with van der Waals surface area (Å²) >= 11 is 0. The molecule has 2 aliphatic heterocycles. The molecule has 2 aromatic heterocycles. The molecule has 0 aliphatic carbocycles. The molecule has 0 spiro atoms. The number of carbonyl (C=O) groups excluding carboxylic acids is 2. The van der Waals surface area contributed by atoms with Crippen LogP contribution in [0.4, 0.5) is 38.0 Å². The maximum Gasteiger partial charge on any atom is 0.586 e. The van der Waals surface area contributed by atoms with E-state index in [1.807, 2.05) is 25.1 Å². The molecule has 292 valence electrons. The molecule has 18 heteroatoms. The molecule has 0 saturated heterocycles. The number of carbonyl (C=O) groups is 2. The molecular weight excluding hydrogens is 774 g/mol. The Labute approximate surface area is 323 Å². The van der Waals surface area contributed by atoms with E-state index >= 15 is 0 Å². The van der Waals surface area contributed by atoms with Gasteiger partial charge < -0.3 is 29.6 Å². The molecule has 0 bridgehead atoms. The van der Waals surface area contributed by atoms with E-state index < -0.39 is 35.7 Å². The normalized spacial score (nSPS) is 13.8. The zero-order valence-electron chi connectivity index (χ0n) is 29.7. The molecule has 0 atom stereocenters. The Morgan fingerprint density at radius 2 is 1.22 bits per heavy atom. The summed E-state index contributed by atoms with van der Waals surface area (Å²) in [6.07, 6.45) is -3.40. The van der Waals surface area contributed by atoms with Crippen LogP contribution in [0.25, 0.3) is 22.4 Å². The lowest BCUT2D eigenvalue weighted by molar-refractivity contribution is -0.287. The quantitative estimate of drug-likeness (QED) is 0.156. The second kappa shape index (κ2) is 15.1. The van der Waals surface area contributed by atoms with E-state index in [0.29, 0.717) is 27.9 Å². The van der Waals surface area contributed by atoms with Crippen molar-refractivity contribution in [3.05, 3.63) is 137 Å². The summed E-state index contributed by atoms with van der Waals surface area (Å²) in [4.78, 5) is 36.8. The molecule has 4 heterocycles. The first-order valence-electron chi connectivity index (χ1n) is 16.7. The molecule has 0 unspecified atom stereocenters. The molecule has 0 fully saturated rings. The third kappa shape index (κ3) is 8.28. The lowest BCUT2D eigenvalue weighted by Crippen LogP contribution is -2.25. The standard InChI is InChI=1S/C20H9F4N3O3.C20H15F2N3O3/c21-13-2-1-3-14(22)18(13)19(28)27-17-5-4-10(9-26-17)12-7-16-15(6-11(12)8-25)29-20(23,24)30-16;1-11-3-5-13(6-4-11)19(26)25-18-10-23-15(9-24-18)14-8-17-16(7-12(14)2)27-20(21,22)28-17/h1-7,9H,(H,26,27,28);3-10H,1-2H3,(H,24,25,26). The van der Waals surface area contributed by atoms with Crippen molar-refractivity contribution in [3.8, 4) is 51.5 Å². The van der Waals surface area contributed by atoms with Gasteiger partial charge in [0, 0.05) is 34.5 Å². The summed E-state index contributed by atoms with van der Waals surface area (Å²) in [5.74, 6) is -3.75. The minimum absolute atomic E-state index is 0.0165. The third-order valence-corrected chi connectivity index (χ3v) is 8.40. The summed E-state index contributed by atoms with van der Waals surface area (Å²) in [5, 5.41) is 14.2. The van der Waals surface area contributed by atoms with E-state index in [9.17, 15) is 41.2 Å². The molecule has 2 amide bonds. The molecule has 58 heavy (non-hydrogen) atoms. The zero-order chi connectivity index (χ0) is 41.4. The van der Waals surface area contributed by atoms with Crippen molar-refractivity contribution >= 4 is 23.5 Å². The summed E-state index contributed by atoms with van der Waals surface area (Å²) in [6.45, 7) is 3.68. The Morgan fingerprint density at radius 3 is 1.79 bits per heavy atom. The number of aromatic nitrogens is 3. The number of anilines is 2. The largest absolute Gasteiger partial charge is 0.586 e. The number of halogens is 6. The summed E-state index contributed by atoms with van der Waals surface area (Å²) < 4.78 is 98.0. The lowest BCUT2D eigenvalue weighted by atomic mass is 10.0. The van der Waals surface area contributed by atoms with Crippen LogP contribution in [0.15, 0.2) is 97.5 Å². The van der Waals surface area contributed by atoms with Crippen LogP contribution in [0.3, 0.4) is 0 Å². The van der Waals surface area contributed by atoms with Crippen molar-refractivity contribution in [2.75, 3.05) is 10.6 Å². The molecule has 0 radical (unpaired) electrons. The molecule has 0 saturated carbocycles. The molecule has 2 aliphatic rings. The number of nitriles is 1. The highest BCUT2D eigenvalue weighted by Gasteiger charge is 2.45. The van der Waals surface area contributed by atoms with E-state index in [1.54, 1.807) is 19.1 Å². The zero-order valence-corrected chi connectivity index (χ0v) is 29.7. The van der Waals surface area contributed by atoms with Crippen LogP contribution in [0.1, 0.15) is 37.4 Å². The van der Waals surface area contributed by atoms with Crippen molar-refractivity contribution < 1.29 is 54.9 Å². The average molecular weight is 799 g/mol. The van der Waals surface area contributed by atoms with E-state index in [1.165, 1.54) is 48.9 Å². The number of aryl methyl sites for hydroxylation is 2. The predicted octanol–water partition coefficient (Wildman–Crippen LogP) is 8.81. The maximum atomic E-state index is 13.7. The van der Waals surface area contributed by atoms with E-state index in [-0.39, 0.29) is 51.7 Å². The highest BCUT2D eigenvalue weighted by Crippen LogP contribution is 2.45. The Bertz CT molecular complexity index is 2600. The maximum absolute atomic E-state index is 13.7. The first-order chi connectivity index (χ1) is 27.6. The second-order valence-corrected chi connectivity index (χ2v) is 12.5. The van der Waals surface area contributed by atoms with Crippen LogP contribution in [0.5, 0.6) is 23.0 Å². The van der Waals surface area contributed by atoms with Gasteiger partial charge >= 0.3 is 12.6 Å². The number of benzene rings is 4. The van der Waals surface area contributed by atoms with Crippen LogP contribution >= 0.6 is 0 Å². The fourth-order valence-electron chi connectivity index (χ4n) is 5.65. The number of nitrogens with zero attached hydrogens (tertiary/aromatic N) is 4. The number of alkyl halides is 4. The first kappa shape index (κ1) is 38.6. The SMILES string of the molecule is Cc1ccc(C(=O)Nc2cnc(-c3cc4c(cc3C)OC(F)(F)O4)cn2)cc1.N#Cc1cc2c(cc1-c1ccc(NC(=O)c3c(F)cccc3F)nc1)OC(F)(F)O2. The van der Waals surface area contributed by atoms with E-state index in [0.717, 1.165) is 29.8 Å². The number of ether oxygens (including phenoxy) is 4. The number of fused-ring (bicyclic) bond motifs is 2. The van der Waals surface area contributed by atoms with Gasteiger partial charge in [0.25, 0.3) is 11.8 Å². The number of hydrogen-bond acceptors (Lipinski definition) is 10. The summed E-state index contributed by atoms with van der Waals surface area (Å²) in [7, 11) is 0. The van der Waals surface area contributed by atoms with Gasteiger partial charge in [-0.05, 0) is 74.0 Å². The summed E-state index contributed by atoms with van der Waals surface area (Å²) in [6, 6.07) is 20.0. The highest BCUT2D eigenvalue weighted by atomic mass is 19.3. The fraction of sp³-hybridized carbons (Fsp3) is 0.100. The number of nitrogens with one attached hydrogen (secondary N) is 2. The van der Waals surface area contributed by atoms with Gasteiger partial charge in [0.2, 0.25) is 0 Å². The van der Waals surface area contributed by atoms with Crippen molar-refractivity contribution in [2.24, 2.45) is 0 Å². The van der Waals surface area contributed by atoms with Crippen LogP contribution in [-0.4, -0.2) is 39.4 Å². The number of amides is 2. The van der Waals surface area contributed by atoms with Gasteiger partial charge in [-0.15, -0.1) is 17.6 Å². The topological polar surface area (TPSA) is 158 Å². The lowest BCUT2D eigenvalue weighted by Gasteiger charge is -2.09. The smallest absolute Gasteiger partial charge is 0.395 e. The van der Waals surface area contributed by atoms with Gasteiger partial charge in [-0.3, -0.25) is 14.6 Å². The molecule has 6 aromatic rings. The van der Waals surface area contributed by atoms with Gasteiger partial charge in [-0.25, -0.2) is 18.7 Å². The van der Waals surface area contributed by atoms with E-state index in [4.69, 9.17) is 0 Å². The summed E-state index contributed by atoms with van der Waals surface area (Å²) in [5.41, 5.74) is 3.11. The van der Waals surface area contributed by atoms with Crippen molar-refractivity contribution in [1.82, 2.24) is 15.0 Å². The van der Waals surface area contributed by atoms with Crippen LogP contribution in [0.2, 0.25) is 0 Å². The fourth-order valence-corrected chi connectivity index (χ4v) is 5.65. The number of hydrogen-bond donors (Lipinski definition) is 2. The van der Waals surface area contributed by atoms with Crippen LogP contribution in [-0.2, 0) is 0 Å². The third-order valence-electron chi connectivity index (χ3n) is 8.40. The minimum Gasteiger partial charge on any atom is -0.395 e. The van der Waals surface area contributed by atoms with Gasteiger partial charge in [-0.1, -0.05) is 23.8 Å². The van der Waals surface area contributed by atoms with E-state index in [2.05, 4.69) is 44.5 Å². The Hall–Kier alpha value is -7.68. The second-order valence-electron chi connectivity index (χ2n) is 12.5. The average Bonchev–Trinajstić information content (AvgIpc) is 3.66. The Balaban J connectivity index is 0.000000177. The predicted molar refractivity (Wildman–Crippen MR) is 192 cm³/mol.